The highest BCUT2D eigenvalue weighted by Crippen LogP contribution is 2.37. The summed E-state index contributed by atoms with van der Waals surface area (Å²) >= 11 is 0. The average molecular weight is 316 g/mol. The largest absolute Gasteiger partial charge is 0.497 e. The van der Waals surface area contributed by atoms with Crippen molar-refractivity contribution in [1.29, 1.82) is 0 Å². The monoisotopic (exact) mass is 315 g/mol. The number of nitrogens with one attached hydrogen (secondary N) is 1. The van der Waals surface area contributed by atoms with Crippen molar-refractivity contribution in [3.05, 3.63) is 29.3 Å². The molecular weight excluding hydrogens is 306 g/mol. The summed E-state index contributed by atoms with van der Waals surface area (Å²) in [7, 11) is 1.18. The van der Waals surface area contributed by atoms with Crippen LogP contribution in [-0.4, -0.2) is 25.7 Å². The molecule has 0 bridgehead atoms. The molecule has 20 heavy (non-hydrogen) atoms. The van der Waals surface area contributed by atoms with Gasteiger partial charge >= 0.3 is 12.0 Å². The third kappa shape index (κ3) is 2.90. The molecule has 112 valence electrons. The van der Waals surface area contributed by atoms with Gasteiger partial charge in [0, 0.05) is 12.1 Å². The summed E-state index contributed by atoms with van der Waals surface area (Å²) in [5.41, 5.74) is -0.928. The van der Waals surface area contributed by atoms with E-state index in [1.807, 2.05) is 0 Å². The molecule has 1 aliphatic heterocycles. The number of carbonyl (C=O) groups is 1. The van der Waals surface area contributed by atoms with E-state index in [4.69, 9.17) is 0 Å². The first-order valence-corrected chi connectivity index (χ1v) is 5.19. The Morgan fingerprint density at radius 1 is 1.35 bits per heavy atom. The van der Waals surface area contributed by atoms with Gasteiger partial charge in [-0.1, -0.05) is 0 Å². The molecule has 2 rings (SSSR count). The molecule has 1 heterocycles. The lowest BCUT2D eigenvalue weighted by Gasteiger charge is -2.32. The molecule has 1 aliphatic rings. The maximum Gasteiger partial charge on any atom is 0.408 e. The lowest BCUT2D eigenvalue weighted by molar-refractivity contribution is -0.105. The van der Waals surface area contributed by atoms with Gasteiger partial charge < -0.3 is 14.8 Å². The third-order valence-electron chi connectivity index (χ3n) is 2.66. The molecule has 1 amide bonds. The second-order valence-corrected chi connectivity index (χ2v) is 3.92. The number of rotatable bonds is 2. The van der Waals surface area contributed by atoms with Crippen LogP contribution in [0.2, 0.25) is 0 Å². The van der Waals surface area contributed by atoms with Gasteiger partial charge in [0.05, 0.1) is 12.7 Å². The summed E-state index contributed by atoms with van der Waals surface area (Å²) in [6.07, 6.45) is -1.16. The first-order chi connectivity index (χ1) is 8.85. The zero-order valence-electron chi connectivity index (χ0n) is 10.1. The number of amides is 1. The van der Waals surface area contributed by atoms with Crippen molar-refractivity contribution in [2.45, 2.75) is 12.0 Å². The normalized spacial score (nSPS) is 20.4. The Morgan fingerprint density at radius 2 is 1.90 bits per heavy atom. The first-order valence-electron chi connectivity index (χ1n) is 5.19. The number of methoxy groups -OCH3 is 1. The van der Waals surface area contributed by atoms with Gasteiger partial charge in [-0.15, -0.1) is 12.4 Å². The highest BCUT2D eigenvalue weighted by molar-refractivity contribution is 5.85. The summed E-state index contributed by atoms with van der Waals surface area (Å²) in [6, 6.07) is -0.605. The van der Waals surface area contributed by atoms with E-state index < -0.39 is 41.9 Å². The average Bonchev–Trinajstić information content (AvgIpc) is 2.33. The topological polar surface area (TPSA) is 47.6 Å². The van der Waals surface area contributed by atoms with Crippen molar-refractivity contribution < 1.29 is 31.8 Å². The van der Waals surface area contributed by atoms with Gasteiger partial charge in [-0.25, -0.2) is 22.4 Å². The minimum Gasteiger partial charge on any atom is -0.497 e. The van der Waals surface area contributed by atoms with Crippen LogP contribution in [-0.2, 0) is 4.74 Å². The number of cyclic esters (lactones) is 1. The molecular formula is C11H10ClF4NO3. The summed E-state index contributed by atoms with van der Waals surface area (Å²) in [5.74, 6) is -6.24. The van der Waals surface area contributed by atoms with Crippen LogP contribution in [0.25, 0.3) is 0 Å². The Labute approximate surface area is 117 Å². The molecule has 0 aromatic heterocycles. The number of hydrogen-bond donors (Lipinski definition) is 1. The van der Waals surface area contributed by atoms with E-state index in [0.29, 0.717) is 0 Å². The van der Waals surface area contributed by atoms with Crippen LogP contribution in [0.4, 0.5) is 22.4 Å². The van der Waals surface area contributed by atoms with Gasteiger partial charge in [-0.05, 0) is 0 Å². The minimum absolute atomic E-state index is 0. The van der Waals surface area contributed by atoms with Crippen LogP contribution >= 0.6 is 12.4 Å². The Balaban J connectivity index is 0.00000200. The maximum absolute atomic E-state index is 13.7. The summed E-state index contributed by atoms with van der Waals surface area (Å²) < 4.78 is 63.3. The number of alkyl halides is 2. The molecule has 1 saturated heterocycles. The molecule has 0 unspecified atom stereocenters. The Kier molecular flexibility index (Phi) is 4.69. The zero-order valence-corrected chi connectivity index (χ0v) is 10.9. The molecule has 0 radical (unpaired) electrons. The Hall–Kier alpha value is -1.70. The fraction of sp³-hybridized carbons (Fsp3) is 0.364. The fourth-order valence-electron chi connectivity index (χ4n) is 1.75. The van der Waals surface area contributed by atoms with Gasteiger partial charge in [-0.2, -0.15) is 0 Å². The Morgan fingerprint density at radius 3 is 2.40 bits per heavy atom. The second-order valence-electron chi connectivity index (χ2n) is 3.92. The van der Waals surface area contributed by atoms with E-state index >= 15 is 0 Å². The van der Waals surface area contributed by atoms with Crippen molar-refractivity contribution in [2.24, 2.45) is 0 Å². The fourth-order valence-corrected chi connectivity index (χ4v) is 1.75. The van der Waals surface area contributed by atoms with Gasteiger partial charge in [0.1, 0.15) is 23.4 Å². The van der Waals surface area contributed by atoms with Crippen molar-refractivity contribution in [1.82, 2.24) is 5.32 Å². The van der Waals surface area contributed by atoms with E-state index in [-0.39, 0.29) is 18.2 Å². The molecule has 1 N–H and O–H groups in total. The van der Waals surface area contributed by atoms with Crippen molar-refractivity contribution >= 4 is 18.5 Å². The second kappa shape index (κ2) is 5.74. The van der Waals surface area contributed by atoms with Crippen LogP contribution in [0, 0.1) is 11.6 Å². The van der Waals surface area contributed by atoms with Crippen LogP contribution in [0.15, 0.2) is 12.1 Å². The minimum atomic E-state index is -3.62. The van der Waals surface area contributed by atoms with E-state index in [1.54, 1.807) is 5.32 Å². The predicted molar refractivity (Wildman–Crippen MR) is 62.3 cm³/mol. The van der Waals surface area contributed by atoms with E-state index in [2.05, 4.69) is 9.47 Å². The molecule has 1 atom stereocenters. The molecule has 0 saturated carbocycles. The van der Waals surface area contributed by atoms with Crippen LogP contribution in [0.3, 0.4) is 0 Å². The van der Waals surface area contributed by atoms with E-state index in [9.17, 15) is 22.4 Å². The van der Waals surface area contributed by atoms with E-state index in [0.717, 1.165) is 12.1 Å². The summed E-state index contributed by atoms with van der Waals surface area (Å²) in [5, 5.41) is 1.71. The molecule has 9 heteroatoms. The highest BCUT2D eigenvalue weighted by Gasteiger charge is 2.49. The molecule has 0 spiro atoms. The van der Waals surface area contributed by atoms with Crippen molar-refractivity contribution in [2.75, 3.05) is 13.7 Å². The predicted octanol–water partition coefficient (Wildman–Crippen LogP) is 2.81. The number of halogens is 5. The maximum atomic E-state index is 13.7. The van der Waals surface area contributed by atoms with Gasteiger partial charge in [0.25, 0.3) is 0 Å². The van der Waals surface area contributed by atoms with Crippen molar-refractivity contribution in [3.63, 3.8) is 0 Å². The van der Waals surface area contributed by atoms with Crippen LogP contribution in [0.5, 0.6) is 5.75 Å². The third-order valence-corrected chi connectivity index (χ3v) is 2.66. The smallest absolute Gasteiger partial charge is 0.408 e. The van der Waals surface area contributed by atoms with Gasteiger partial charge in [0.2, 0.25) is 0 Å². The number of benzene rings is 1. The SMILES string of the molecule is COc1cc(F)c([C@H]2NC(=O)OCC2(F)F)c(F)c1.Cl. The zero-order chi connectivity index (χ0) is 14.2. The van der Waals surface area contributed by atoms with Crippen molar-refractivity contribution in [3.8, 4) is 5.75 Å². The first kappa shape index (κ1) is 16.4. The highest BCUT2D eigenvalue weighted by atomic mass is 35.5. The van der Waals surface area contributed by atoms with E-state index in [1.165, 1.54) is 7.11 Å². The Bertz CT molecular complexity index is 503. The van der Waals surface area contributed by atoms with Gasteiger partial charge in [0.15, 0.2) is 6.61 Å². The molecule has 1 aromatic carbocycles. The molecule has 1 aromatic rings. The van der Waals surface area contributed by atoms with Gasteiger partial charge in [-0.3, -0.25) is 0 Å². The number of carbonyl (C=O) groups excluding carboxylic acids is 1. The summed E-state index contributed by atoms with van der Waals surface area (Å²) in [6.45, 7) is -1.24. The van der Waals surface area contributed by atoms with Crippen LogP contribution in [0.1, 0.15) is 11.6 Å². The molecule has 0 aliphatic carbocycles. The number of hydrogen-bond acceptors (Lipinski definition) is 3. The summed E-state index contributed by atoms with van der Waals surface area (Å²) in [4.78, 5) is 10.9. The lowest BCUT2D eigenvalue weighted by Crippen LogP contribution is -2.50. The number of alkyl carbamates (subject to hydrolysis) is 1. The number of ether oxygens (including phenoxy) is 2. The molecule has 4 nitrogen and oxygen atoms in total. The standard InChI is InChI=1S/C11H9F4NO3.ClH/c1-18-5-2-6(12)8(7(13)3-5)9-11(14,15)4-19-10(17)16-9;/h2-3,9H,4H2,1H3,(H,16,17);1H/t9-;/m1./s1. The molecule has 1 fully saturated rings. The van der Waals surface area contributed by atoms with Crippen LogP contribution < -0.4 is 10.1 Å². The lowest BCUT2D eigenvalue weighted by atomic mass is 9.98. The quantitative estimate of drug-likeness (QED) is 0.854.